The summed E-state index contributed by atoms with van der Waals surface area (Å²) in [5.74, 6) is 2.16. The van der Waals surface area contributed by atoms with Crippen molar-refractivity contribution in [1.29, 1.82) is 0 Å². The van der Waals surface area contributed by atoms with Gasteiger partial charge in [-0.15, -0.1) is 0 Å². The molecular formula is C23H24ClN3O4. The SMILES string of the molecule is COc1cc(-c2noc(C3CCC(=O)N3Cc3cccc(Cl)c3)n2)ccc1OC(C)C. The summed E-state index contributed by atoms with van der Waals surface area (Å²) in [6.07, 6.45) is 1.10. The third-order valence-electron chi connectivity index (χ3n) is 5.08. The van der Waals surface area contributed by atoms with Crippen molar-refractivity contribution in [3.05, 3.63) is 58.9 Å². The van der Waals surface area contributed by atoms with Crippen molar-refractivity contribution in [1.82, 2.24) is 15.0 Å². The largest absolute Gasteiger partial charge is 0.493 e. The highest BCUT2D eigenvalue weighted by molar-refractivity contribution is 6.30. The number of aromatic nitrogens is 2. The first kappa shape index (κ1) is 21.2. The lowest BCUT2D eigenvalue weighted by atomic mass is 10.1. The number of carbonyl (C=O) groups is 1. The van der Waals surface area contributed by atoms with Crippen LogP contribution in [0.2, 0.25) is 5.02 Å². The second-order valence-corrected chi connectivity index (χ2v) is 8.13. The molecule has 1 aliphatic heterocycles. The number of halogens is 1. The van der Waals surface area contributed by atoms with Crippen LogP contribution in [-0.2, 0) is 11.3 Å². The summed E-state index contributed by atoms with van der Waals surface area (Å²) < 4.78 is 16.8. The van der Waals surface area contributed by atoms with Gasteiger partial charge in [-0.1, -0.05) is 28.9 Å². The first-order chi connectivity index (χ1) is 14.9. The fourth-order valence-electron chi connectivity index (χ4n) is 3.67. The van der Waals surface area contributed by atoms with Crippen molar-refractivity contribution >= 4 is 17.5 Å². The molecule has 0 spiro atoms. The Morgan fingerprint density at radius 1 is 1.23 bits per heavy atom. The Kier molecular flexibility index (Phi) is 6.13. The molecule has 8 heteroatoms. The number of likely N-dealkylation sites (tertiary alicyclic amines) is 1. The van der Waals surface area contributed by atoms with Crippen molar-refractivity contribution in [2.45, 2.75) is 45.4 Å². The van der Waals surface area contributed by atoms with Gasteiger partial charge < -0.3 is 18.9 Å². The van der Waals surface area contributed by atoms with E-state index in [0.717, 1.165) is 11.1 Å². The van der Waals surface area contributed by atoms with Crippen molar-refractivity contribution in [2.24, 2.45) is 0 Å². The summed E-state index contributed by atoms with van der Waals surface area (Å²) in [7, 11) is 1.59. The number of amides is 1. The molecule has 1 amide bonds. The highest BCUT2D eigenvalue weighted by Gasteiger charge is 2.36. The number of hydrogen-bond acceptors (Lipinski definition) is 6. The van der Waals surface area contributed by atoms with Crippen molar-refractivity contribution in [3.8, 4) is 22.9 Å². The van der Waals surface area contributed by atoms with E-state index in [0.29, 0.717) is 47.6 Å². The minimum Gasteiger partial charge on any atom is -0.493 e. The molecule has 0 bridgehead atoms. The summed E-state index contributed by atoms with van der Waals surface area (Å²) in [5, 5.41) is 4.77. The standard InChI is InChI=1S/C23H24ClN3O4/c1-14(2)30-19-9-7-16(12-20(19)29-3)22-25-23(31-26-22)18-8-10-21(28)27(18)13-15-5-4-6-17(24)11-15/h4-7,9,11-12,14,18H,8,10,13H2,1-3H3. The zero-order valence-corrected chi connectivity index (χ0v) is 18.4. The first-order valence-corrected chi connectivity index (χ1v) is 10.5. The molecule has 1 aliphatic rings. The van der Waals surface area contributed by atoms with Gasteiger partial charge in [-0.05, 0) is 56.2 Å². The minimum atomic E-state index is -0.266. The van der Waals surface area contributed by atoms with Gasteiger partial charge >= 0.3 is 0 Å². The van der Waals surface area contributed by atoms with Gasteiger partial charge in [-0.25, -0.2) is 0 Å². The first-order valence-electron chi connectivity index (χ1n) is 10.2. The highest BCUT2D eigenvalue weighted by Crippen LogP contribution is 2.36. The second kappa shape index (κ2) is 8.98. The smallest absolute Gasteiger partial charge is 0.249 e. The van der Waals surface area contributed by atoms with Crippen LogP contribution in [0.4, 0.5) is 0 Å². The maximum atomic E-state index is 12.5. The van der Waals surface area contributed by atoms with Crippen LogP contribution < -0.4 is 9.47 Å². The molecule has 1 unspecified atom stereocenters. The van der Waals surface area contributed by atoms with E-state index in [2.05, 4.69) is 10.1 Å². The fourth-order valence-corrected chi connectivity index (χ4v) is 3.88. The molecule has 0 aliphatic carbocycles. The van der Waals surface area contributed by atoms with Gasteiger partial charge in [0.05, 0.1) is 13.2 Å². The van der Waals surface area contributed by atoms with E-state index in [9.17, 15) is 4.79 Å². The van der Waals surface area contributed by atoms with Gasteiger partial charge in [-0.2, -0.15) is 4.98 Å². The predicted octanol–water partition coefficient (Wildman–Crippen LogP) is 5.05. The molecule has 7 nitrogen and oxygen atoms in total. The number of hydrogen-bond donors (Lipinski definition) is 0. The average molecular weight is 442 g/mol. The maximum absolute atomic E-state index is 12.5. The lowest BCUT2D eigenvalue weighted by Gasteiger charge is -2.22. The molecule has 3 aromatic rings. The van der Waals surface area contributed by atoms with Crippen LogP contribution in [0, 0.1) is 0 Å². The Labute approximate surface area is 185 Å². The monoisotopic (exact) mass is 441 g/mol. The molecule has 1 fully saturated rings. The predicted molar refractivity (Wildman–Crippen MR) is 116 cm³/mol. The molecule has 1 atom stereocenters. The van der Waals surface area contributed by atoms with Crippen molar-refractivity contribution < 1.29 is 18.8 Å². The Bertz CT molecular complexity index is 1080. The fraction of sp³-hybridized carbons (Fsp3) is 0.348. The summed E-state index contributed by atoms with van der Waals surface area (Å²) in [6, 6.07) is 12.7. The van der Waals surface area contributed by atoms with E-state index in [4.69, 9.17) is 25.6 Å². The molecule has 31 heavy (non-hydrogen) atoms. The van der Waals surface area contributed by atoms with Crippen LogP contribution in [0.15, 0.2) is 47.0 Å². The topological polar surface area (TPSA) is 77.7 Å². The average Bonchev–Trinajstić information content (AvgIpc) is 3.35. The third kappa shape index (κ3) is 4.66. The molecule has 1 aromatic heterocycles. The van der Waals surface area contributed by atoms with E-state index in [1.165, 1.54) is 0 Å². The number of nitrogens with zero attached hydrogens (tertiary/aromatic N) is 3. The Morgan fingerprint density at radius 2 is 2.06 bits per heavy atom. The lowest BCUT2D eigenvalue weighted by molar-refractivity contribution is -0.129. The zero-order chi connectivity index (χ0) is 22.0. The van der Waals surface area contributed by atoms with E-state index in [1.807, 2.05) is 56.3 Å². The van der Waals surface area contributed by atoms with Gasteiger partial charge in [-0.3, -0.25) is 4.79 Å². The Morgan fingerprint density at radius 3 is 2.81 bits per heavy atom. The Hall–Kier alpha value is -3.06. The van der Waals surface area contributed by atoms with Crippen LogP contribution in [0.1, 0.15) is 44.2 Å². The highest BCUT2D eigenvalue weighted by atomic mass is 35.5. The zero-order valence-electron chi connectivity index (χ0n) is 17.7. The van der Waals surface area contributed by atoms with Gasteiger partial charge in [0.2, 0.25) is 17.6 Å². The third-order valence-corrected chi connectivity index (χ3v) is 5.32. The van der Waals surface area contributed by atoms with E-state index in [-0.39, 0.29) is 18.1 Å². The maximum Gasteiger partial charge on any atom is 0.249 e. The number of benzene rings is 2. The van der Waals surface area contributed by atoms with Crippen LogP contribution in [0.5, 0.6) is 11.5 Å². The minimum absolute atomic E-state index is 0.0295. The van der Waals surface area contributed by atoms with Crippen LogP contribution in [0.3, 0.4) is 0 Å². The van der Waals surface area contributed by atoms with Crippen LogP contribution in [0.25, 0.3) is 11.4 Å². The molecule has 0 saturated carbocycles. The Balaban J connectivity index is 1.57. The molecule has 162 valence electrons. The second-order valence-electron chi connectivity index (χ2n) is 7.69. The number of rotatable bonds is 7. The van der Waals surface area contributed by atoms with Gasteiger partial charge in [0.15, 0.2) is 11.5 Å². The molecule has 0 N–H and O–H groups in total. The van der Waals surface area contributed by atoms with Gasteiger partial charge in [0.1, 0.15) is 6.04 Å². The molecule has 2 aromatic carbocycles. The molecule has 2 heterocycles. The van der Waals surface area contributed by atoms with Crippen LogP contribution >= 0.6 is 11.6 Å². The van der Waals surface area contributed by atoms with E-state index < -0.39 is 0 Å². The quantitative estimate of drug-likeness (QED) is 0.510. The number of ether oxygens (including phenoxy) is 2. The molecule has 0 radical (unpaired) electrons. The van der Waals surface area contributed by atoms with Gasteiger partial charge in [0.25, 0.3) is 0 Å². The van der Waals surface area contributed by atoms with E-state index >= 15 is 0 Å². The molecule has 1 saturated heterocycles. The van der Waals surface area contributed by atoms with Gasteiger partial charge in [0, 0.05) is 23.6 Å². The normalized spacial score (nSPS) is 16.2. The molecule has 4 rings (SSSR count). The van der Waals surface area contributed by atoms with Crippen molar-refractivity contribution in [3.63, 3.8) is 0 Å². The number of carbonyl (C=O) groups excluding carboxylic acids is 1. The number of methoxy groups -OCH3 is 1. The van der Waals surface area contributed by atoms with E-state index in [1.54, 1.807) is 12.0 Å². The lowest BCUT2D eigenvalue weighted by Crippen LogP contribution is -2.27. The summed E-state index contributed by atoms with van der Waals surface area (Å²) >= 11 is 6.09. The molecular weight excluding hydrogens is 418 g/mol. The van der Waals surface area contributed by atoms with Crippen molar-refractivity contribution in [2.75, 3.05) is 7.11 Å². The van der Waals surface area contributed by atoms with Crippen LogP contribution in [-0.4, -0.2) is 34.2 Å². The summed E-state index contributed by atoms with van der Waals surface area (Å²) in [4.78, 5) is 18.9. The summed E-state index contributed by atoms with van der Waals surface area (Å²) in [5.41, 5.74) is 1.70. The summed E-state index contributed by atoms with van der Waals surface area (Å²) in [6.45, 7) is 4.35.